The Morgan fingerprint density at radius 3 is 2.48 bits per heavy atom. The van der Waals surface area contributed by atoms with Crippen LogP contribution in [-0.2, 0) is 4.79 Å². The van der Waals surface area contributed by atoms with Crippen molar-refractivity contribution >= 4 is 17.3 Å². The van der Waals surface area contributed by atoms with Gasteiger partial charge in [0.15, 0.2) is 6.61 Å². The van der Waals surface area contributed by atoms with E-state index in [1.54, 1.807) is 29.2 Å². The van der Waals surface area contributed by atoms with Crippen molar-refractivity contribution in [1.82, 2.24) is 0 Å². The lowest BCUT2D eigenvalue weighted by Gasteiger charge is -2.33. The number of fused-ring (bicyclic) bond motifs is 1. The molecule has 2 heterocycles. The Hall–Kier alpha value is -2.90. The van der Waals surface area contributed by atoms with Gasteiger partial charge in [0.2, 0.25) is 5.91 Å². The second-order valence-corrected chi connectivity index (χ2v) is 7.44. The van der Waals surface area contributed by atoms with Crippen molar-refractivity contribution in [2.75, 3.05) is 36.0 Å². The molecule has 2 aliphatic heterocycles. The molecule has 2 aromatic rings. The lowest BCUT2D eigenvalue weighted by Crippen LogP contribution is -2.45. The first-order chi connectivity index (χ1) is 13.8. The van der Waals surface area contributed by atoms with E-state index in [4.69, 9.17) is 4.74 Å². The Balaban J connectivity index is 1.44. The number of ether oxygens (including phenoxy) is 1. The third-order valence-corrected chi connectivity index (χ3v) is 5.52. The van der Waals surface area contributed by atoms with Crippen molar-refractivity contribution in [3.8, 4) is 11.5 Å². The summed E-state index contributed by atoms with van der Waals surface area (Å²) < 4.78 is 41.5. The van der Waals surface area contributed by atoms with Crippen molar-refractivity contribution in [3.63, 3.8) is 0 Å². The van der Waals surface area contributed by atoms with Gasteiger partial charge in [-0.1, -0.05) is 12.1 Å². The van der Waals surface area contributed by atoms with Crippen LogP contribution in [0, 0.1) is 11.8 Å². The standard InChI is InChI=1S/C21H21F3N2O3/c22-21(23,24)13-29-16-7-5-15(6-8-16)26-10-9-14-11-25(12-17(14)20(26)28)18-3-1-2-4-19(18)27/h1-8,14,17,27H,9-13H2. The van der Waals surface area contributed by atoms with E-state index >= 15 is 0 Å². The molecule has 5 nitrogen and oxygen atoms in total. The first-order valence-corrected chi connectivity index (χ1v) is 9.46. The molecule has 1 N–H and O–H groups in total. The minimum Gasteiger partial charge on any atom is -0.506 e. The van der Waals surface area contributed by atoms with E-state index in [-0.39, 0.29) is 29.2 Å². The van der Waals surface area contributed by atoms with Gasteiger partial charge in [-0.05, 0) is 48.7 Å². The van der Waals surface area contributed by atoms with Crippen molar-refractivity contribution < 1.29 is 27.8 Å². The number of rotatable bonds is 4. The van der Waals surface area contributed by atoms with Crippen LogP contribution >= 0.6 is 0 Å². The minimum absolute atomic E-state index is 0.00290. The number of aromatic hydroxyl groups is 1. The van der Waals surface area contributed by atoms with Crippen LogP contribution < -0.4 is 14.5 Å². The number of carbonyl (C=O) groups excluding carboxylic acids is 1. The summed E-state index contributed by atoms with van der Waals surface area (Å²) in [5, 5.41) is 10.1. The topological polar surface area (TPSA) is 53.0 Å². The van der Waals surface area contributed by atoms with Crippen LogP contribution in [0.4, 0.5) is 24.5 Å². The number of benzene rings is 2. The molecule has 0 bridgehead atoms. The summed E-state index contributed by atoms with van der Waals surface area (Å²) in [6.07, 6.45) is -3.56. The molecule has 0 spiro atoms. The first-order valence-electron chi connectivity index (χ1n) is 9.46. The van der Waals surface area contributed by atoms with E-state index in [1.807, 2.05) is 17.0 Å². The van der Waals surface area contributed by atoms with Gasteiger partial charge in [-0.15, -0.1) is 0 Å². The number of alkyl halides is 3. The molecule has 4 rings (SSSR count). The number of amides is 1. The second-order valence-electron chi connectivity index (χ2n) is 7.44. The van der Waals surface area contributed by atoms with Gasteiger partial charge in [0.25, 0.3) is 0 Å². The van der Waals surface area contributed by atoms with E-state index in [2.05, 4.69) is 0 Å². The zero-order chi connectivity index (χ0) is 20.6. The molecule has 2 aliphatic rings. The molecule has 2 saturated heterocycles. The minimum atomic E-state index is -4.39. The molecular weight excluding hydrogens is 385 g/mol. The van der Waals surface area contributed by atoms with E-state index in [1.165, 1.54) is 12.1 Å². The van der Waals surface area contributed by atoms with E-state index < -0.39 is 12.8 Å². The normalized spacial score (nSPS) is 22.0. The van der Waals surface area contributed by atoms with Gasteiger partial charge in [0, 0.05) is 25.3 Å². The summed E-state index contributed by atoms with van der Waals surface area (Å²) in [6.45, 7) is 0.453. The maximum absolute atomic E-state index is 13.1. The number of piperidine rings is 1. The maximum Gasteiger partial charge on any atom is 0.422 e. The molecule has 2 unspecified atom stereocenters. The highest BCUT2D eigenvalue weighted by molar-refractivity contribution is 5.97. The molecule has 0 radical (unpaired) electrons. The largest absolute Gasteiger partial charge is 0.506 e. The smallest absolute Gasteiger partial charge is 0.422 e. The molecule has 1 amide bonds. The summed E-state index contributed by atoms with van der Waals surface area (Å²) in [6, 6.07) is 13.2. The highest BCUT2D eigenvalue weighted by atomic mass is 19.4. The fraction of sp³-hybridized carbons (Fsp3) is 0.381. The van der Waals surface area contributed by atoms with Crippen molar-refractivity contribution in [2.24, 2.45) is 11.8 Å². The fourth-order valence-corrected chi connectivity index (χ4v) is 4.12. The van der Waals surface area contributed by atoms with Gasteiger partial charge >= 0.3 is 6.18 Å². The summed E-state index contributed by atoms with van der Waals surface area (Å²) in [5.41, 5.74) is 1.38. The molecule has 2 fully saturated rings. The van der Waals surface area contributed by atoms with Crippen LogP contribution in [-0.4, -0.2) is 43.4 Å². The average Bonchev–Trinajstić information content (AvgIpc) is 3.12. The van der Waals surface area contributed by atoms with Crippen molar-refractivity contribution in [2.45, 2.75) is 12.6 Å². The Bertz CT molecular complexity index is 885. The molecule has 8 heteroatoms. The molecule has 0 saturated carbocycles. The third kappa shape index (κ3) is 4.11. The Kier molecular flexibility index (Phi) is 5.02. The summed E-state index contributed by atoms with van der Waals surface area (Å²) in [4.78, 5) is 16.8. The number of hydrogen-bond donors (Lipinski definition) is 1. The van der Waals surface area contributed by atoms with Crippen LogP contribution in [0.15, 0.2) is 48.5 Å². The van der Waals surface area contributed by atoms with Crippen molar-refractivity contribution in [3.05, 3.63) is 48.5 Å². The molecule has 154 valence electrons. The monoisotopic (exact) mass is 406 g/mol. The van der Waals surface area contributed by atoms with Gasteiger partial charge in [-0.3, -0.25) is 4.79 Å². The van der Waals surface area contributed by atoms with Gasteiger partial charge in [-0.25, -0.2) is 0 Å². The second kappa shape index (κ2) is 7.50. The number of halogens is 3. The maximum atomic E-state index is 13.1. The number of phenols is 1. The summed E-state index contributed by atoms with van der Waals surface area (Å²) in [7, 11) is 0. The molecule has 0 aromatic heterocycles. The number of anilines is 2. The quantitative estimate of drug-likeness (QED) is 0.839. The van der Waals surface area contributed by atoms with E-state index in [9.17, 15) is 23.1 Å². The fourth-order valence-electron chi connectivity index (χ4n) is 4.12. The van der Waals surface area contributed by atoms with Crippen LogP contribution in [0.5, 0.6) is 11.5 Å². The van der Waals surface area contributed by atoms with Gasteiger partial charge in [0.05, 0.1) is 11.6 Å². The third-order valence-electron chi connectivity index (χ3n) is 5.52. The molecule has 0 aliphatic carbocycles. The van der Waals surface area contributed by atoms with Gasteiger partial charge in [-0.2, -0.15) is 13.2 Å². The molecule has 2 atom stereocenters. The Morgan fingerprint density at radius 2 is 1.79 bits per heavy atom. The SMILES string of the molecule is O=C1C2CN(c3ccccc3O)CC2CCN1c1ccc(OCC(F)(F)F)cc1. The molecule has 29 heavy (non-hydrogen) atoms. The number of carbonyl (C=O) groups is 1. The van der Waals surface area contributed by atoms with Crippen LogP contribution in [0.1, 0.15) is 6.42 Å². The predicted molar refractivity (Wildman–Crippen MR) is 102 cm³/mol. The molecular formula is C21H21F3N2O3. The van der Waals surface area contributed by atoms with Gasteiger partial charge < -0.3 is 19.6 Å². The molecule has 2 aromatic carbocycles. The number of para-hydroxylation sites is 2. The van der Waals surface area contributed by atoms with Crippen LogP contribution in [0.3, 0.4) is 0 Å². The van der Waals surface area contributed by atoms with Gasteiger partial charge in [0.1, 0.15) is 11.5 Å². The lowest BCUT2D eigenvalue weighted by atomic mass is 9.87. The number of phenolic OH excluding ortho intramolecular Hbond substituents is 1. The Labute approximate surface area is 166 Å². The van der Waals surface area contributed by atoms with Crippen LogP contribution in [0.25, 0.3) is 0 Å². The summed E-state index contributed by atoms with van der Waals surface area (Å²) >= 11 is 0. The highest BCUT2D eigenvalue weighted by Crippen LogP contribution is 2.39. The zero-order valence-corrected chi connectivity index (χ0v) is 15.6. The Morgan fingerprint density at radius 1 is 1.07 bits per heavy atom. The van der Waals surface area contributed by atoms with E-state index in [0.717, 1.165) is 12.1 Å². The number of hydrogen-bond acceptors (Lipinski definition) is 4. The zero-order valence-electron chi connectivity index (χ0n) is 15.6. The lowest BCUT2D eigenvalue weighted by molar-refractivity contribution is -0.153. The first kappa shape index (κ1) is 19.4. The number of nitrogens with zero attached hydrogens (tertiary/aromatic N) is 2. The predicted octanol–water partition coefficient (Wildman–Crippen LogP) is 3.82. The van der Waals surface area contributed by atoms with Crippen molar-refractivity contribution in [1.29, 1.82) is 0 Å². The summed E-state index contributed by atoms with van der Waals surface area (Å²) in [5.74, 6) is 0.352. The van der Waals surface area contributed by atoms with Crippen LogP contribution in [0.2, 0.25) is 0 Å². The van der Waals surface area contributed by atoms with E-state index in [0.29, 0.717) is 25.3 Å². The average molecular weight is 406 g/mol. The highest BCUT2D eigenvalue weighted by Gasteiger charge is 2.43.